The Morgan fingerprint density at radius 2 is 1.32 bits per heavy atom. The summed E-state index contributed by atoms with van der Waals surface area (Å²) >= 11 is 0. The second-order valence-electron chi connectivity index (χ2n) is 8.42. The van der Waals surface area contributed by atoms with Gasteiger partial charge in [-0.05, 0) is 29.8 Å². The molecule has 2 aliphatic heterocycles. The normalized spacial score (nSPS) is 26.7. The Kier molecular flexibility index (Phi) is 7.43. The van der Waals surface area contributed by atoms with Crippen molar-refractivity contribution >= 4 is 11.9 Å². The zero-order valence-electron chi connectivity index (χ0n) is 19.5. The lowest BCUT2D eigenvalue weighted by Gasteiger charge is -2.47. The maximum absolute atomic E-state index is 13.1. The molecule has 5 rings (SSSR count). The summed E-state index contributed by atoms with van der Waals surface area (Å²) in [7, 11) is 0. The third-order valence-corrected chi connectivity index (χ3v) is 6.04. The van der Waals surface area contributed by atoms with Gasteiger partial charge in [-0.2, -0.15) is 0 Å². The molecule has 6 atom stereocenters. The van der Waals surface area contributed by atoms with E-state index in [1.54, 1.807) is 60.7 Å². The van der Waals surface area contributed by atoms with Gasteiger partial charge in [-0.15, -0.1) is 0 Å². The smallest absolute Gasteiger partial charge is 0.338 e. The minimum absolute atomic E-state index is 0.0699. The van der Waals surface area contributed by atoms with Gasteiger partial charge >= 0.3 is 11.9 Å². The van der Waals surface area contributed by atoms with Gasteiger partial charge in [0.25, 0.3) is 0 Å². The molecule has 188 valence electrons. The quantitative estimate of drug-likeness (QED) is 0.209. The van der Waals surface area contributed by atoms with Crippen molar-refractivity contribution in [3.05, 3.63) is 118 Å². The van der Waals surface area contributed by atoms with Crippen molar-refractivity contribution < 1.29 is 33.3 Å². The number of carbonyl (C=O) groups excluding carboxylic acids is 2. The van der Waals surface area contributed by atoms with Crippen LogP contribution in [0.2, 0.25) is 0 Å². The van der Waals surface area contributed by atoms with Gasteiger partial charge in [-0.25, -0.2) is 9.59 Å². The molecule has 0 amide bonds. The lowest BCUT2D eigenvalue weighted by molar-refractivity contribution is -0.326. The second-order valence-corrected chi connectivity index (χ2v) is 8.42. The molecule has 2 heterocycles. The van der Waals surface area contributed by atoms with Gasteiger partial charge in [0.05, 0.1) is 17.7 Å². The van der Waals surface area contributed by atoms with Crippen LogP contribution < -0.4 is 0 Å². The predicted octanol–water partition coefficient (Wildman–Crippen LogP) is 4.59. The highest BCUT2D eigenvalue weighted by molar-refractivity contribution is 5.90. The van der Waals surface area contributed by atoms with Gasteiger partial charge in [0, 0.05) is 10.5 Å². The molecule has 2 aliphatic rings. The highest BCUT2D eigenvalue weighted by Gasteiger charge is 2.53. The van der Waals surface area contributed by atoms with Crippen molar-refractivity contribution in [2.75, 3.05) is 6.61 Å². The van der Waals surface area contributed by atoms with Crippen molar-refractivity contribution in [3.63, 3.8) is 0 Å². The van der Waals surface area contributed by atoms with Crippen molar-refractivity contribution in [3.8, 4) is 0 Å². The fourth-order valence-corrected chi connectivity index (χ4v) is 4.28. The van der Waals surface area contributed by atoms with Gasteiger partial charge in [0.2, 0.25) is 0 Å². The van der Waals surface area contributed by atoms with E-state index in [1.165, 1.54) is 0 Å². The predicted molar refractivity (Wildman–Crippen MR) is 129 cm³/mol. The number of fused-ring (bicyclic) bond motifs is 1. The van der Waals surface area contributed by atoms with Crippen molar-refractivity contribution in [1.82, 2.24) is 0 Å². The third kappa shape index (κ3) is 5.47. The number of hydrogen-bond acceptors (Lipinski definition) is 8. The van der Waals surface area contributed by atoms with Crippen LogP contribution in [-0.2, 0) is 23.7 Å². The van der Waals surface area contributed by atoms with Crippen LogP contribution >= 0.6 is 0 Å². The number of esters is 2. The molecule has 0 N–H and O–H groups in total. The lowest BCUT2D eigenvalue weighted by Crippen LogP contribution is -2.63. The number of carbonyl (C=O) groups is 2. The Morgan fingerprint density at radius 1 is 0.784 bits per heavy atom. The van der Waals surface area contributed by atoms with Crippen molar-refractivity contribution in [2.24, 2.45) is 5.11 Å². The fraction of sp³-hybridized carbons (Fsp3) is 0.259. The summed E-state index contributed by atoms with van der Waals surface area (Å²) in [6.45, 7) is 0.0699. The molecule has 0 bridgehead atoms. The average molecular weight is 501 g/mol. The number of ether oxygens (including phenoxy) is 5. The third-order valence-electron chi connectivity index (χ3n) is 6.04. The summed E-state index contributed by atoms with van der Waals surface area (Å²) in [5.74, 6) is -1.35. The van der Waals surface area contributed by atoms with E-state index in [9.17, 15) is 15.1 Å². The molecule has 3 aromatic rings. The number of hydrogen-bond donors (Lipinski definition) is 0. The molecule has 0 aromatic heterocycles. The Hall–Kier alpha value is -4.21. The molecule has 10 heteroatoms. The van der Waals surface area contributed by atoms with E-state index >= 15 is 0 Å². The monoisotopic (exact) mass is 501 g/mol. The summed E-state index contributed by atoms with van der Waals surface area (Å²) in [6, 6.07) is 25.9. The summed E-state index contributed by atoms with van der Waals surface area (Å²) in [5, 5.41) is 3.69. The van der Waals surface area contributed by atoms with Gasteiger partial charge in [-0.3, -0.25) is 0 Å². The summed E-state index contributed by atoms with van der Waals surface area (Å²) in [4.78, 5) is 29.0. The number of nitrogens with zero attached hydrogens (tertiary/aromatic N) is 3. The van der Waals surface area contributed by atoms with Crippen LogP contribution in [0.4, 0.5) is 0 Å². The van der Waals surface area contributed by atoms with Gasteiger partial charge in [0.1, 0.15) is 12.2 Å². The maximum Gasteiger partial charge on any atom is 0.338 e. The van der Waals surface area contributed by atoms with E-state index in [4.69, 9.17) is 23.7 Å². The van der Waals surface area contributed by atoms with Crippen LogP contribution in [0.5, 0.6) is 0 Å². The Bertz CT molecular complexity index is 1270. The highest BCUT2D eigenvalue weighted by Crippen LogP contribution is 2.37. The van der Waals surface area contributed by atoms with E-state index in [0.29, 0.717) is 5.56 Å². The molecule has 0 radical (unpaired) electrons. The van der Waals surface area contributed by atoms with Crippen LogP contribution in [0.1, 0.15) is 32.6 Å². The molecule has 37 heavy (non-hydrogen) atoms. The van der Waals surface area contributed by atoms with Gasteiger partial charge in [-0.1, -0.05) is 71.8 Å². The molecule has 10 nitrogen and oxygen atoms in total. The lowest BCUT2D eigenvalue weighted by atomic mass is 9.96. The van der Waals surface area contributed by atoms with E-state index in [1.807, 2.05) is 30.3 Å². The summed E-state index contributed by atoms with van der Waals surface area (Å²) in [5.41, 5.74) is 10.5. The minimum atomic E-state index is -1.29. The summed E-state index contributed by atoms with van der Waals surface area (Å²) in [6.07, 6.45) is -6.14. The fourth-order valence-electron chi connectivity index (χ4n) is 4.28. The number of rotatable bonds is 6. The largest absolute Gasteiger partial charge is 0.452 e. The first-order valence-corrected chi connectivity index (χ1v) is 11.7. The molecular weight excluding hydrogens is 478 g/mol. The average Bonchev–Trinajstić information content (AvgIpc) is 2.96. The summed E-state index contributed by atoms with van der Waals surface area (Å²) < 4.78 is 29.7. The Labute approximate surface area is 212 Å². The molecule has 2 saturated heterocycles. The van der Waals surface area contributed by atoms with Crippen molar-refractivity contribution in [2.45, 2.75) is 36.9 Å². The van der Waals surface area contributed by atoms with E-state index in [0.717, 1.165) is 5.56 Å². The first-order valence-electron chi connectivity index (χ1n) is 11.7. The van der Waals surface area contributed by atoms with Crippen LogP contribution in [0, 0.1) is 0 Å². The molecule has 2 fully saturated rings. The Balaban J connectivity index is 1.48. The van der Waals surface area contributed by atoms with E-state index in [-0.39, 0.29) is 12.2 Å². The van der Waals surface area contributed by atoms with Crippen LogP contribution in [0.3, 0.4) is 0 Å². The molecular formula is C27H23N3O7. The first-order chi connectivity index (χ1) is 18.1. The zero-order chi connectivity index (χ0) is 25.6. The maximum atomic E-state index is 13.1. The molecule has 0 spiro atoms. The minimum Gasteiger partial charge on any atom is -0.452 e. The SMILES string of the molecule is [N-]=[N+]=N[C@@H]1O[C@@H]2COC(c3ccccc3)O[C@@H]2[C@H](OC(=O)c2ccccc2)[C@H]1OC(=O)c1ccccc1. The van der Waals surface area contributed by atoms with Crippen LogP contribution in [0.15, 0.2) is 96.1 Å². The van der Waals surface area contributed by atoms with E-state index in [2.05, 4.69) is 10.0 Å². The number of benzene rings is 3. The zero-order valence-corrected chi connectivity index (χ0v) is 19.5. The first kappa shape index (κ1) is 24.5. The molecule has 1 unspecified atom stereocenters. The van der Waals surface area contributed by atoms with Gasteiger partial charge < -0.3 is 23.7 Å². The Morgan fingerprint density at radius 3 is 1.89 bits per heavy atom. The number of azide groups is 1. The second kappa shape index (κ2) is 11.2. The topological polar surface area (TPSA) is 129 Å². The molecule has 0 saturated carbocycles. The standard InChI is InChI=1S/C27H23N3O7/c28-30-29-24-23(36-26(32)18-12-6-2-7-13-18)22(35-25(31)17-10-4-1-5-11-17)21-20(34-24)16-33-27(37-21)19-14-8-3-9-15-19/h1-15,20-24,27H,16H2/t20-,21+,22+,23-,24-,27?/m1/s1. The molecule has 0 aliphatic carbocycles. The van der Waals surface area contributed by atoms with E-state index < -0.39 is 48.9 Å². The van der Waals surface area contributed by atoms with Gasteiger partial charge in [0.15, 0.2) is 24.7 Å². The van der Waals surface area contributed by atoms with Crippen molar-refractivity contribution in [1.29, 1.82) is 0 Å². The van der Waals surface area contributed by atoms with Crippen LogP contribution in [0.25, 0.3) is 10.4 Å². The highest BCUT2D eigenvalue weighted by atomic mass is 16.7. The molecule has 3 aromatic carbocycles. The van der Waals surface area contributed by atoms with Crippen LogP contribution in [-0.4, -0.2) is 49.2 Å².